The molecule has 1 N–H and O–H groups in total. The van der Waals surface area contributed by atoms with E-state index >= 15 is 0 Å². The van der Waals surface area contributed by atoms with Gasteiger partial charge < -0.3 is 10.1 Å². The van der Waals surface area contributed by atoms with Gasteiger partial charge in [0.1, 0.15) is 5.75 Å². The average molecular weight is 249 g/mol. The first-order chi connectivity index (χ1) is 8.72. The Morgan fingerprint density at radius 1 is 1.11 bits per heavy atom. The first-order valence-electron chi connectivity index (χ1n) is 7.17. The van der Waals surface area contributed by atoms with Crippen molar-refractivity contribution in [2.24, 2.45) is 0 Å². The molecule has 0 amide bonds. The first kappa shape index (κ1) is 15.0. The minimum Gasteiger partial charge on any atom is -0.491 e. The largest absolute Gasteiger partial charge is 0.491 e. The number of ether oxygens (including phenoxy) is 1. The molecule has 0 aliphatic rings. The molecular weight excluding hydrogens is 222 g/mol. The molecule has 0 heterocycles. The Morgan fingerprint density at radius 2 is 1.83 bits per heavy atom. The zero-order valence-electron chi connectivity index (χ0n) is 12.0. The molecule has 2 atom stereocenters. The molecule has 2 heteroatoms. The minimum atomic E-state index is 0.280. The molecule has 18 heavy (non-hydrogen) atoms. The van der Waals surface area contributed by atoms with Crippen molar-refractivity contribution in [3.05, 3.63) is 30.3 Å². The molecule has 0 aliphatic heterocycles. The molecule has 0 aliphatic carbocycles. The summed E-state index contributed by atoms with van der Waals surface area (Å²) in [7, 11) is 0. The number of rotatable bonds is 9. The van der Waals surface area contributed by atoms with Crippen LogP contribution in [0.2, 0.25) is 0 Å². The zero-order chi connectivity index (χ0) is 13.2. The monoisotopic (exact) mass is 249 g/mol. The number of nitrogens with one attached hydrogen (secondary N) is 1. The van der Waals surface area contributed by atoms with Crippen molar-refractivity contribution < 1.29 is 4.74 Å². The molecule has 0 unspecified atom stereocenters. The Morgan fingerprint density at radius 3 is 2.50 bits per heavy atom. The Hall–Kier alpha value is -1.02. The highest BCUT2D eigenvalue weighted by atomic mass is 16.5. The van der Waals surface area contributed by atoms with Gasteiger partial charge in [-0.2, -0.15) is 0 Å². The molecule has 0 saturated carbocycles. The van der Waals surface area contributed by atoms with E-state index in [4.69, 9.17) is 4.74 Å². The Labute approximate surface area is 112 Å². The van der Waals surface area contributed by atoms with Gasteiger partial charge in [-0.15, -0.1) is 0 Å². The minimum absolute atomic E-state index is 0.280. The van der Waals surface area contributed by atoms with E-state index in [1.807, 2.05) is 30.3 Å². The SMILES string of the molecule is CCCCN[C@H](C)CC[C@@H](C)Oc1ccccc1. The van der Waals surface area contributed by atoms with Gasteiger partial charge in [-0.05, 0) is 51.8 Å². The van der Waals surface area contributed by atoms with Gasteiger partial charge in [-0.1, -0.05) is 31.5 Å². The third kappa shape index (κ3) is 6.65. The third-order valence-electron chi connectivity index (χ3n) is 3.11. The summed E-state index contributed by atoms with van der Waals surface area (Å²) in [6.45, 7) is 7.75. The van der Waals surface area contributed by atoms with Crippen molar-refractivity contribution in [2.75, 3.05) is 6.54 Å². The van der Waals surface area contributed by atoms with E-state index in [2.05, 4.69) is 26.1 Å². The normalized spacial score (nSPS) is 14.2. The van der Waals surface area contributed by atoms with Crippen LogP contribution in [-0.4, -0.2) is 18.7 Å². The van der Waals surface area contributed by atoms with E-state index in [0.717, 1.165) is 25.1 Å². The molecular formula is C16H27NO. The van der Waals surface area contributed by atoms with Crippen molar-refractivity contribution in [1.82, 2.24) is 5.32 Å². The van der Waals surface area contributed by atoms with Gasteiger partial charge in [-0.3, -0.25) is 0 Å². The molecule has 0 bridgehead atoms. The van der Waals surface area contributed by atoms with E-state index in [9.17, 15) is 0 Å². The molecule has 0 saturated heterocycles. The highest BCUT2D eigenvalue weighted by molar-refractivity contribution is 5.21. The van der Waals surface area contributed by atoms with E-state index in [0.29, 0.717) is 6.04 Å². The van der Waals surface area contributed by atoms with Crippen LogP contribution in [0.3, 0.4) is 0 Å². The van der Waals surface area contributed by atoms with Crippen LogP contribution in [0, 0.1) is 0 Å². The zero-order valence-corrected chi connectivity index (χ0v) is 12.0. The molecule has 0 fully saturated rings. The molecule has 1 rings (SSSR count). The topological polar surface area (TPSA) is 21.3 Å². The van der Waals surface area contributed by atoms with Crippen LogP contribution < -0.4 is 10.1 Å². The highest BCUT2D eigenvalue weighted by Gasteiger charge is 2.07. The van der Waals surface area contributed by atoms with E-state index in [1.54, 1.807) is 0 Å². The van der Waals surface area contributed by atoms with Gasteiger partial charge in [0.25, 0.3) is 0 Å². The fraction of sp³-hybridized carbons (Fsp3) is 0.625. The molecule has 0 aromatic heterocycles. The van der Waals surface area contributed by atoms with E-state index < -0.39 is 0 Å². The van der Waals surface area contributed by atoms with Crippen LogP contribution in [0.25, 0.3) is 0 Å². The van der Waals surface area contributed by atoms with Crippen LogP contribution in [0.5, 0.6) is 5.75 Å². The summed E-state index contributed by atoms with van der Waals surface area (Å²) in [5.74, 6) is 0.969. The smallest absolute Gasteiger partial charge is 0.119 e. The van der Waals surface area contributed by atoms with Gasteiger partial charge in [0.2, 0.25) is 0 Å². The fourth-order valence-electron chi connectivity index (χ4n) is 1.90. The Bertz CT molecular complexity index is 299. The number of unbranched alkanes of at least 4 members (excludes halogenated alkanes) is 1. The fourth-order valence-corrected chi connectivity index (χ4v) is 1.90. The molecule has 1 aromatic rings. The van der Waals surface area contributed by atoms with Crippen molar-refractivity contribution in [1.29, 1.82) is 0 Å². The van der Waals surface area contributed by atoms with Crippen molar-refractivity contribution >= 4 is 0 Å². The van der Waals surface area contributed by atoms with Crippen molar-refractivity contribution in [3.8, 4) is 5.75 Å². The summed E-state index contributed by atoms with van der Waals surface area (Å²) in [6, 6.07) is 10.6. The van der Waals surface area contributed by atoms with Crippen LogP contribution >= 0.6 is 0 Å². The quantitative estimate of drug-likeness (QED) is 0.668. The lowest BCUT2D eigenvalue weighted by atomic mass is 10.1. The predicted octanol–water partition coefficient (Wildman–Crippen LogP) is 4.01. The summed E-state index contributed by atoms with van der Waals surface area (Å²) >= 11 is 0. The van der Waals surface area contributed by atoms with E-state index in [1.165, 1.54) is 12.8 Å². The lowest BCUT2D eigenvalue weighted by Crippen LogP contribution is -2.28. The standard InChI is InChI=1S/C16H27NO/c1-4-5-13-17-14(2)11-12-15(3)18-16-9-7-6-8-10-16/h6-10,14-15,17H,4-5,11-13H2,1-3H3/t14-,15-/m1/s1. The lowest BCUT2D eigenvalue weighted by molar-refractivity contribution is 0.202. The van der Waals surface area contributed by atoms with Crippen molar-refractivity contribution in [2.45, 2.75) is 58.6 Å². The summed E-state index contributed by atoms with van der Waals surface area (Å²) in [6.07, 6.45) is 5.06. The maximum Gasteiger partial charge on any atom is 0.119 e. The number of benzene rings is 1. The van der Waals surface area contributed by atoms with Crippen LogP contribution in [0.15, 0.2) is 30.3 Å². The first-order valence-corrected chi connectivity index (χ1v) is 7.17. The molecule has 1 aromatic carbocycles. The molecule has 102 valence electrons. The number of para-hydroxylation sites is 1. The third-order valence-corrected chi connectivity index (χ3v) is 3.11. The average Bonchev–Trinajstić information content (AvgIpc) is 2.38. The lowest BCUT2D eigenvalue weighted by Gasteiger charge is -2.18. The summed E-state index contributed by atoms with van der Waals surface area (Å²) < 4.78 is 5.86. The van der Waals surface area contributed by atoms with Gasteiger partial charge in [-0.25, -0.2) is 0 Å². The molecule has 0 spiro atoms. The summed E-state index contributed by atoms with van der Waals surface area (Å²) in [4.78, 5) is 0. The molecule has 0 radical (unpaired) electrons. The summed E-state index contributed by atoms with van der Waals surface area (Å²) in [5.41, 5.74) is 0. The van der Waals surface area contributed by atoms with Gasteiger partial charge in [0.05, 0.1) is 6.10 Å². The maximum atomic E-state index is 5.86. The second-order valence-electron chi connectivity index (χ2n) is 5.03. The highest BCUT2D eigenvalue weighted by Crippen LogP contribution is 2.13. The van der Waals surface area contributed by atoms with Crippen LogP contribution in [0.1, 0.15) is 46.5 Å². The maximum absolute atomic E-state index is 5.86. The van der Waals surface area contributed by atoms with Gasteiger partial charge in [0.15, 0.2) is 0 Å². The Balaban J connectivity index is 2.14. The van der Waals surface area contributed by atoms with Crippen LogP contribution in [0.4, 0.5) is 0 Å². The van der Waals surface area contributed by atoms with Gasteiger partial charge in [0, 0.05) is 6.04 Å². The van der Waals surface area contributed by atoms with Crippen LogP contribution in [-0.2, 0) is 0 Å². The second-order valence-corrected chi connectivity index (χ2v) is 5.03. The Kier molecular flexibility index (Phi) is 7.51. The van der Waals surface area contributed by atoms with Gasteiger partial charge >= 0.3 is 0 Å². The summed E-state index contributed by atoms with van der Waals surface area (Å²) in [5, 5.41) is 3.55. The van der Waals surface area contributed by atoms with Crippen molar-refractivity contribution in [3.63, 3.8) is 0 Å². The predicted molar refractivity (Wildman–Crippen MR) is 78.1 cm³/mol. The molecule has 2 nitrogen and oxygen atoms in total. The van der Waals surface area contributed by atoms with E-state index in [-0.39, 0.29) is 6.10 Å². The second kappa shape index (κ2) is 8.98. The number of hydrogen-bond acceptors (Lipinski definition) is 2. The number of hydrogen-bond donors (Lipinski definition) is 1.